The van der Waals surface area contributed by atoms with Crippen LogP contribution >= 0.6 is 0 Å². The number of hydrogen-bond acceptors (Lipinski definition) is 1. The summed E-state index contributed by atoms with van der Waals surface area (Å²) in [6, 6.07) is 0. The van der Waals surface area contributed by atoms with E-state index in [9.17, 15) is 0 Å². The molecule has 3 atom stereocenters. The molecule has 0 N–H and O–H groups in total. The Kier molecular flexibility index (Phi) is 4.67. The third-order valence-electron chi connectivity index (χ3n) is 3.26. The predicted octanol–water partition coefficient (Wildman–Crippen LogP) is 3.65. The van der Waals surface area contributed by atoms with Crippen LogP contribution in [0.1, 0.15) is 40.0 Å². The summed E-state index contributed by atoms with van der Waals surface area (Å²) in [4.78, 5) is 0. The second kappa shape index (κ2) is 5.55. The van der Waals surface area contributed by atoms with E-state index in [1.165, 1.54) is 24.8 Å². The molecule has 0 aliphatic heterocycles. The van der Waals surface area contributed by atoms with E-state index in [2.05, 4.69) is 26.8 Å². The fourth-order valence-electron chi connectivity index (χ4n) is 2.22. The Balaban J connectivity index is 2.11. The standard InChI is InChI=1S/C13H24O/c1-10(2)6-5-7-11(3)13-8-12(13)9-14-4/h6,11-13H,5,7-9H2,1-4H3. The Labute approximate surface area is 88.5 Å². The number of hydrogen-bond donors (Lipinski definition) is 0. The molecule has 3 unspecified atom stereocenters. The average Bonchev–Trinajstić information content (AvgIpc) is 2.84. The normalized spacial score (nSPS) is 27.1. The number of ether oxygens (including phenoxy) is 1. The molecule has 1 heteroatoms. The Bertz CT molecular complexity index is 191. The van der Waals surface area contributed by atoms with Crippen LogP contribution in [0.5, 0.6) is 0 Å². The smallest absolute Gasteiger partial charge is 0.0493 e. The van der Waals surface area contributed by atoms with Gasteiger partial charge in [-0.25, -0.2) is 0 Å². The molecule has 0 saturated heterocycles. The molecule has 0 heterocycles. The van der Waals surface area contributed by atoms with Crippen molar-refractivity contribution in [3.05, 3.63) is 11.6 Å². The largest absolute Gasteiger partial charge is 0.384 e. The van der Waals surface area contributed by atoms with Gasteiger partial charge in [-0.1, -0.05) is 18.6 Å². The van der Waals surface area contributed by atoms with Gasteiger partial charge in [0.15, 0.2) is 0 Å². The van der Waals surface area contributed by atoms with Gasteiger partial charge in [0.2, 0.25) is 0 Å². The van der Waals surface area contributed by atoms with E-state index < -0.39 is 0 Å². The highest BCUT2D eigenvalue weighted by Gasteiger charge is 2.40. The Morgan fingerprint density at radius 3 is 2.79 bits per heavy atom. The first kappa shape index (κ1) is 11.8. The van der Waals surface area contributed by atoms with Gasteiger partial charge in [0.05, 0.1) is 0 Å². The molecule has 0 aromatic carbocycles. The lowest BCUT2D eigenvalue weighted by atomic mass is 9.98. The zero-order valence-electron chi connectivity index (χ0n) is 10.0. The van der Waals surface area contributed by atoms with Gasteiger partial charge >= 0.3 is 0 Å². The first-order valence-electron chi connectivity index (χ1n) is 5.77. The maximum Gasteiger partial charge on any atom is 0.0493 e. The van der Waals surface area contributed by atoms with Crippen LogP contribution in [0.15, 0.2) is 11.6 Å². The minimum Gasteiger partial charge on any atom is -0.384 e. The summed E-state index contributed by atoms with van der Waals surface area (Å²) in [7, 11) is 1.81. The molecule has 82 valence electrons. The first-order valence-corrected chi connectivity index (χ1v) is 5.77. The molecule has 0 amide bonds. The second-order valence-corrected chi connectivity index (χ2v) is 4.95. The Morgan fingerprint density at radius 2 is 2.21 bits per heavy atom. The number of rotatable bonds is 6. The quantitative estimate of drug-likeness (QED) is 0.589. The van der Waals surface area contributed by atoms with Crippen LogP contribution in [0, 0.1) is 17.8 Å². The van der Waals surface area contributed by atoms with Crippen molar-refractivity contribution in [2.75, 3.05) is 13.7 Å². The van der Waals surface area contributed by atoms with Crippen LogP contribution in [-0.2, 0) is 4.74 Å². The van der Waals surface area contributed by atoms with E-state index in [-0.39, 0.29) is 0 Å². The van der Waals surface area contributed by atoms with Crippen LogP contribution in [0.3, 0.4) is 0 Å². The molecule has 0 radical (unpaired) electrons. The maximum atomic E-state index is 5.18. The molecule has 1 aliphatic carbocycles. The maximum absolute atomic E-state index is 5.18. The van der Waals surface area contributed by atoms with Crippen LogP contribution in [0.4, 0.5) is 0 Å². The molecule has 0 bridgehead atoms. The number of allylic oxidation sites excluding steroid dienone is 2. The lowest BCUT2D eigenvalue weighted by Crippen LogP contribution is -2.02. The summed E-state index contributed by atoms with van der Waals surface area (Å²) in [6.07, 6.45) is 6.34. The van der Waals surface area contributed by atoms with Gasteiger partial charge in [-0.2, -0.15) is 0 Å². The van der Waals surface area contributed by atoms with Crippen LogP contribution in [0.25, 0.3) is 0 Å². The predicted molar refractivity (Wildman–Crippen MR) is 61.3 cm³/mol. The molecule has 1 fully saturated rings. The minimum atomic E-state index is 0.863. The molecular formula is C13H24O. The highest BCUT2D eigenvalue weighted by molar-refractivity contribution is 4.95. The number of methoxy groups -OCH3 is 1. The van der Waals surface area contributed by atoms with Gasteiger partial charge in [-0.15, -0.1) is 0 Å². The van der Waals surface area contributed by atoms with Crippen molar-refractivity contribution >= 4 is 0 Å². The monoisotopic (exact) mass is 196 g/mol. The third kappa shape index (κ3) is 3.83. The van der Waals surface area contributed by atoms with Crippen LogP contribution in [0.2, 0.25) is 0 Å². The lowest BCUT2D eigenvalue weighted by Gasteiger charge is -2.09. The summed E-state index contributed by atoms with van der Waals surface area (Å²) < 4.78 is 5.18. The molecule has 14 heavy (non-hydrogen) atoms. The van der Waals surface area contributed by atoms with E-state index in [1.54, 1.807) is 0 Å². The summed E-state index contributed by atoms with van der Waals surface area (Å²) in [5.74, 6) is 2.69. The minimum absolute atomic E-state index is 0.863. The molecule has 1 saturated carbocycles. The fourth-order valence-corrected chi connectivity index (χ4v) is 2.22. The van der Waals surface area contributed by atoms with Crippen LogP contribution < -0.4 is 0 Å². The van der Waals surface area contributed by atoms with Gasteiger partial charge in [0.1, 0.15) is 0 Å². The molecule has 0 aromatic heterocycles. The zero-order valence-corrected chi connectivity index (χ0v) is 10.0. The van der Waals surface area contributed by atoms with E-state index in [0.29, 0.717) is 0 Å². The van der Waals surface area contributed by atoms with Crippen molar-refractivity contribution in [2.24, 2.45) is 17.8 Å². The van der Waals surface area contributed by atoms with Crippen molar-refractivity contribution in [3.8, 4) is 0 Å². The molecule has 0 spiro atoms. The SMILES string of the molecule is COCC1CC1C(C)CCC=C(C)C. The van der Waals surface area contributed by atoms with Crippen molar-refractivity contribution in [1.82, 2.24) is 0 Å². The third-order valence-corrected chi connectivity index (χ3v) is 3.26. The Morgan fingerprint density at radius 1 is 1.50 bits per heavy atom. The van der Waals surface area contributed by atoms with Crippen molar-refractivity contribution in [3.63, 3.8) is 0 Å². The molecule has 1 aliphatic rings. The average molecular weight is 196 g/mol. The fraction of sp³-hybridized carbons (Fsp3) is 0.846. The van der Waals surface area contributed by atoms with Crippen molar-refractivity contribution in [2.45, 2.75) is 40.0 Å². The molecule has 0 aromatic rings. The first-order chi connectivity index (χ1) is 6.65. The molecule has 1 nitrogen and oxygen atoms in total. The van der Waals surface area contributed by atoms with Gasteiger partial charge in [0, 0.05) is 13.7 Å². The zero-order chi connectivity index (χ0) is 10.6. The summed E-state index contributed by atoms with van der Waals surface area (Å²) in [6.45, 7) is 7.71. The van der Waals surface area contributed by atoms with E-state index in [4.69, 9.17) is 4.74 Å². The van der Waals surface area contributed by atoms with Crippen molar-refractivity contribution in [1.29, 1.82) is 0 Å². The highest BCUT2D eigenvalue weighted by Crippen LogP contribution is 2.45. The molecule has 1 rings (SSSR count). The summed E-state index contributed by atoms with van der Waals surface area (Å²) in [5, 5.41) is 0. The lowest BCUT2D eigenvalue weighted by molar-refractivity contribution is 0.176. The highest BCUT2D eigenvalue weighted by atomic mass is 16.5. The second-order valence-electron chi connectivity index (χ2n) is 4.95. The topological polar surface area (TPSA) is 9.23 Å². The van der Waals surface area contributed by atoms with E-state index >= 15 is 0 Å². The van der Waals surface area contributed by atoms with E-state index in [1.807, 2.05) is 7.11 Å². The Hall–Kier alpha value is -0.300. The van der Waals surface area contributed by atoms with Gasteiger partial charge < -0.3 is 4.74 Å². The van der Waals surface area contributed by atoms with Gasteiger partial charge in [0.25, 0.3) is 0 Å². The molecular weight excluding hydrogens is 172 g/mol. The van der Waals surface area contributed by atoms with Gasteiger partial charge in [-0.05, 0) is 50.9 Å². The van der Waals surface area contributed by atoms with E-state index in [0.717, 1.165) is 24.4 Å². The summed E-state index contributed by atoms with van der Waals surface area (Å²) >= 11 is 0. The van der Waals surface area contributed by atoms with Crippen LogP contribution in [-0.4, -0.2) is 13.7 Å². The summed E-state index contributed by atoms with van der Waals surface area (Å²) in [5.41, 5.74) is 1.45. The van der Waals surface area contributed by atoms with Crippen molar-refractivity contribution < 1.29 is 4.74 Å². The van der Waals surface area contributed by atoms with Gasteiger partial charge in [-0.3, -0.25) is 0 Å².